The SMILES string of the molecule is O=C(OCc1ccc(S(=O)(=O)Cc2ccccc2)cc1)c1ccc(Br)cc1. The first kappa shape index (κ1) is 19.3. The third-order valence-electron chi connectivity index (χ3n) is 3.93. The summed E-state index contributed by atoms with van der Waals surface area (Å²) in [6, 6.07) is 22.3. The quantitative estimate of drug-likeness (QED) is 0.513. The van der Waals surface area contributed by atoms with Crippen LogP contribution in [-0.4, -0.2) is 14.4 Å². The van der Waals surface area contributed by atoms with Crippen molar-refractivity contribution in [3.05, 3.63) is 100 Å². The van der Waals surface area contributed by atoms with E-state index in [9.17, 15) is 13.2 Å². The largest absolute Gasteiger partial charge is 0.457 e. The molecule has 0 fully saturated rings. The Bertz CT molecular complexity index is 1010. The Morgan fingerprint density at radius 2 is 1.44 bits per heavy atom. The number of carbonyl (C=O) groups is 1. The standard InChI is InChI=1S/C21H17BrO4S/c22-19-10-8-18(9-11-19)21(23)26-14-16-6-12-20(13-7-16)27(24,25)15-17-4-2-1-3-5-17/h1-13H,14-15H2. The molecule has 0 atom stereocenters. The monoisotopic (exact) mass is 444 g/mol. The van der Waals surface area contributed by atoms with E-state index in [1.165, 1.54) is 0 Å². The van der Waals surface area contributed by atoms with Crippen LogP contribution in [0.2, 0.25) is 0 Å². The highest BCUT2D eigenvalue weighted by atomic mass is 79.9. The first-order chi connectivity index (χ1) is 12.9. The molecule has 0 heterocycles. The van der Waals surface area contributed by atoms with Crippen molar-refractivity contribution in [3.8, 4) is 0 Å². The average Bonchev–Trinajstić information content (AvgIpc) is 2.67. The molecule has 0 radical (unpaired) electrons. The number of esters is 1. The summed E-state index contributed by atoms with van der Waals surface area (Å²) in [5.41, 5.74) is 1.92. The van der Waals surface area contributed by atoms with Crippen molar-refractivity contribution in [2.45, 2.75) is 17.3 Å². The van der Waals surface area contributed by atoms with E-state index >= 15 is 0 Å². The normalized spacial score (nSPS) is 11.1. The molecular weight excluding hydrogens is 428 g/mol. The first-order valence-electron chi connectivity index (χ1n) is 8.22. The maximum Gasteiger partial charge on any atom is 0.338 e. The predicted molar refractivity (Wildman–Crippen MR) is 107 cm³/mol. The van der Waals surface area contributed by atoms with Crippen LogP contribution in [0.3, 0.4) is 0 Å². The molecule has 138 valence electrons. The molecule has 0 aliphatic carbocycles. The summed E-state index contributed by atoms with van der Waals surface area (Å²) in [6.45, 7) is 0.0773. The van der Waals surface area contributed by atoms with Crippen LogP contribution < -0.4 is 0 Å². The molecule has 0 bridgehead atoms. The molecule has 0 saturated carbocycles. The van der Waals surface area contributed by atoms with Gasteiger partial charge in [0.1, 0.15) is 6.61 Å². The molecule has 0 amide bonds. The van der Waals surface area contributed by atoms with Gasteiger partial charge >= 0.3 is 5.97 Å². The van der Waals surface area contributed by atoms with Crippen molar-refractivity contribution >= 4 is 31.7 Å². The van der Waals surface area contributed by atoms with Crippen LogP contribution in [0.5, 0.6) is 0 Å². The minimum Gasteiger partial charge on any atom is -0.457 e. The van der Waals surface area contributed by atoms with Gasteiger partial charge in [0.05, 0.1) is 16.2 Å². The van der Waals surface area contributed by atoms with Gasteiger partial charge in [0.25, 0.3) is 0 Å². The molecule has 0 aliphatic rings. The summed E-state index contributed by atoms with van der Waals surface area (Å²) in [4.78, 5) is 12.3. The van der Waals surface area contributed by atoms with Crippen LogP contribution in [0.25, 0.3) is 0 Å². The molecule has 0 unspecified atom stereocenters. The van der Waals surface area contributed by atoms with Crippen molar-refractivity contribution in [1.29, 1.82) is 0 Å². The molecule has 0 spiro atoms. The fraction of sp³-hybridized carbons (Fsp3) is 0.0952. The summed E-state index contributed by atoms with van der Waals surface area (Å²) in [6.07, 6.45) is 0. The average molecular weight is 445 g/mol. The van der Waals surface area contributed by atoms with Crippen LogP contribution >= 0.6 is 15.9 Å². The number of carbonyl (C=O) groups excluding carboxylic acids is 1. The van der Waals surface area contributed by atoms with E-state index in [1.807, 2.05) is 18.2 Å². The van der Waals surface area contributed by atoms with Crippen molar-refractivity contribution in [1.82, 2.24) is 0 Å². The van der Waals surface area contributed by atoms with Gasteiger partial charge in [0.15, 0.2) is 9.84 Å². The fourth-order valence-corrected chi connectivity index (χ4v) is 4.10. The van der Waals surface area contributed by atoms with Crippen molar-refractivity contribution in [3.63, 3.8) is 0 Å². The third-order valence-corrected chi connectivity index (χ3v) is 6.16. The summed E-state index contributed by atoms with van der Waals surface area (Å²) in [5, 5.41) is 0. The number of rotatable bonds is 6. The molecule has 3 aromatic carbocycles. The summed E-state index contributed by atoms with van der Waals surface area (Å²) < 4.78 is 31.2. The van der Waals surface area contributed by atoms with E-state index < -0.39 is 15.8 Å². The smallest absolute Gasteiger partial charge is 0.338 e. The lowest BCUT2D eigenvalue weighted by Crippen LogP contribution is -2.06. The highest BCUT2D eigenvalue weighted by molar-refractivity contribution is 9.10. The Hall–Kier alpha value is -2.44. The highest BCUT2D eigenvalue weighted by Crippen LogP contribution is 2.18. The summed E-state index contributed by atoms with van der Waals surface area (Å²) >= 11 is 3.31. The maximum atomic E-state index is 12.5. The van der Waals surface area contributed by atoms with Gasteiger partial charge in [-0.2, -0.15) is 0 Å². The number of hydrogen-bond donors (Lipinski definition) is 0. The van der Waals surface area contributed by atoms with Crippen LogP contribution in [-0.2, 0) is 26.9 Å². The van der Waals surface area contributed by atoms with Gasteiger partial charge < -0.3 is 4.74 Å². The second-order valence-electron chi connectivity index (χ2n) is 5.97. The number of benzene rings is 3. The lowest BCUT2D eigenvalue weighted by atomic mass is 10.2. The number of ether oxygens (including phenoxy) is 1. The van der Waals surface area contributed by atoms with Gasteiger partial charge in [0.2, 0.25) is 0 Å². The van der Waals surface area contributed by atoms with Gasteiger partial charge in [-0.15, -0.1) is 0 Å². The van der Waals surface area contributed by atoms with E-state index in [2.05, 4.69) is 15.9 Å². The number of sulfone groups is 1. The molecule has 0 saturated heterocycles. The molecule has 4 nitrogen and oxygen atoms in total. The molecule has 0 N–H and O–H groups in total. The first-order valence-corrected chi connectivity index (χ1v) is 10.7. The van der Waals surface area contributed by atoms with Crippen LogP contribution in [0, 0.1) is 0 Å². The molecule has 3 aromatic rings. The highest BCUT2D eigenvalue weighted by Gasteiger charge is 2.15. The fourth-order valence-electron chi connectivity index (χ4n) is 2.49. The van der Waals surface area contributed by atoms with Crippen molar-refractivity contribution < 1.29 is 17.9 Å². The lowest BCUT2D eigenvalue weighted by Gasteiger charge is -2.08. The van der Waals surface area contributed by atoms with Crippen LogP contribution in [0.4, 0.5) is 0 Å². The van der Waals surface area contributed by atoms with E-state index in [0.29, 0.717) is 5.56 Å². The predicted octanol–water partition coefficient (Wildman–Crippen LogP) is 4.78. The molecule has 27 heavy (non-hydrogen) atoms. The zero-order valence-corrected chi connectivity index (χ0v) is 16.7. The summed E-state index contributed by atoms with van der Waals surface area (Å²) in [5.74, 6) is -0.477. The molecule has 0 aromatic heterocycles. The third kappa shape index (κ3) is 5.28. The Balaban J connectivity index is 1.63. The second-order valence-corrected chi connectivity index (χ2v) is 8.88. The Morgan fingerprint density at radius 1 is 0.815 bits per heavy atom. The topological polar surface area (TPSA) is 60.4 Å². The van der Waals surface area contributed by atoms with E-state index in [4.69, 9.17) is 4.74 Å². The summed E-state index contributed by atoms with van der Waals surface area (Å²) in [7, 11) is -3.42. The molecule has 0 aliphatic heterocycles. The van der Waals surface area contributed by atoms with Crippen molar-refractivity contribution in [2.75, 3.05) is 0 Å². The molecular formula is C21H17BrO4S. The zero-order chi connectivity index (χ0) is 19.3. The molecule has 3 rings (SSSR count). The number of hydrogen-bond acceptors (Lipinski definition) is 4. The van der Waals surface area contributed by atoms with Gasteiger partial charge in [-0.3, -0.25) is 0 Å². The van der Waals surface area contributed by atoms with E-state index in [-0.39, 0.29) is 17.3 Å². The lowest BCUT2D eigenvalue weighted by molar-refractivity contribution is 0.0472. The Labute approximate surface area is 166 Å². The minimum atomic E-state index is -3.42. The van der Waals surface area contributed by atoms with Gasteiger partial charge in [-0.05, 0) is 47.5 Å². The van der Waals surface area contributed by atoms with E-state index in [1.54, 1.807) is 60.7 Å². The maximum absolute atomic E-state index is 12.5. The van der Waals surface area contributed by atoms with E-state index in [0.717, 1.165) is 15.6 Å². The number of halogens is 1. The van der Waals surface area contributed by atoms with Gasteiger partial charge in [-0.1, -0.05) is 58.4 Å². The Morgan fingerprint density at radius 3 is 2.07 bits per heavy atom. The van der Waals surface area contributed by atoms with Gasteiger partial charge in [0, 0.05) is 4.47 Å². The molecule has 6 heteroatoms. The van der Waals surface area contributed by atoms with Gasteiger partial charge in [-0.25, -0.2) is 13.2 Å². The van der Waals surface area contributed by atoms with Crippen molar-refractivity contribution in [2.24, 2.45) is 0 Å². The second kappa shape index (κ2) is 8.50. The zero-order valence-electron chi connectivity index (χ0n) is 14.3. The van der Waals surface area contributed by atoms with Crippen LogP contribution in [0.1, 0.15) is 21.5 Å². The minimum absolute atomic E-state index is 0.0499. The Kier molecular flexibility index (Phi) is 6.08. The van der Waals surface area contributed by atoms with Crippen LogP contribution in [0.15, 0.2) is 88.2 Å².